The second-order valence-corrected chi connectivity index (χ2v) is 16.1. The van der Waals surface area contributed by atoms with Crippen LogP contribution in [0.2, 0.25) is 0 Å². The Morgan fingerprint density at radius 1 is 1.06 bits per heavy atom. The highest BCUT2D eigenvalue weighted by Crippen LogP contribution is 2.55. The second-order valence-electron chi connectivity index (χ2n) is 16.1. The average Bonchev–Trinajstić information content (AvgIpc) is 3.66. The van der Waals surface area contributed by atoms with E-state index in [1.54, 1.807) is 7.11 Å². The number of likely N-dealkylation sites (tertiary alicyclic amines) is 1. The summed E-state index contributed by atoms with van der Waals surface area (Å²) in [5.74, 6) is 2.33. The predicted molar refractivity (Wildman–Crippen MR) is 197 cm³/mol. The standard InChI is InChI=1S/C42H52N4O4/c1-6-24-14-23-15-32-38-27(12-13-46(20-23)40(24)32)28-18-36(49-4)29(17-35(28)44-38)30-16-33-25(7-2)21-45(3)37(42(33,22-47)41(48)50-5)19-31-26-10-8-9-11-34(26)43-39(30)31/h7-11,17-18,23-24,30,32-33,37,40,43-44,47H,6,12-16,19-22H2,1-5H3/b25-7-/t23-,24+,30-,32+,33+,37+,40+,42+/m1/s1. The van der Waals surface area contributed by atoms with Crippen molar-refractivity contribution < 1.29 is 19.4 Å². The smallest absolute Gasteiger partial charge is 0.316 e. The first kappa shape index (κ1) is 32.3. The molecule has 0 radical (unpaired) electrons. The number of ether oxygens (including phenoxy) is 2. The summed E-state index contributed by atoms with van der Waals surface area (Å²) >= 11 is 0. The van der Waals surface area contributed by atoms with E-state index in [1.165, 1.54) is 77.3 Å². The second kappa shape index (κ2) is 12.0. The fourth-order valence-electron chi connectivity index (χ4n) is 12.0. The van der Waals surface area contributed by atoms with Gasteiger partial charge >= 0.3 is 5.97 Å². The number of esters is 1. The van der Waals surface area contributed by atoms with E-state index in [9.17, 15) is 9.90 Å². The number of aliphatic hydroxyl groups is 1. The number of rotatable bonds is 5. The largest absolute Gasteiger partial charge is 0.496 e. The molecule has 9 atom stereocenters. The van der Waals surface area contributed by atoms with Crippen molar-refractivity contribution in [2.24, 2.45) is 23.2 Å². The lowest BCUT2D eigenvalue weighted by molar-refractivity contribution is -0.169. The molecule has 3 saturated heterocycles. The van der Waals surface area contributed by atoms with Crippen LogP contribution in [-0.2, 0) is 22.4 Å². The van der Waals surface area contributed by atoms with Crippen molar-refractivity contribution in [2.75, 3.05) is 47.5 Å². The molecule has 1 unspecified atom stereocenters. The van der Waals surface area contributed by atoms with Gasteiger partial charge in [-0.2, -0.15) is 0 Å². The van der Waals surface area contributed by atoms with E-state index in [1.807, 2.05) is 0 Å². The molecule has 3 N–H and O–H groups in total. The van der Waals surface area contributed by atoms with E-state index in [0.29, 0.717) is 24.8 Å². The van der Waals surface area contributed by atoms with Crippen molar-refractivity contribution in [3.05, 3.63) is 76.1 Å². The van der Waals surface area contributed by atoms with Crippen molar-refractivity contribution in [1.29, 1.82) is 0 Å². The predicted octanol–water partition coefficient (Wildman–Crippen LogP) is 6.52. The Hall–Kier alpha value is -3.59. The van der Waals surface area contributed by atoms with Gasteiger partial charge in [0.05, 0.1) is 20.8 Å². The molecule has 6 heterocycles. The summed E-state index contributed by atoms with van der Waals surface area (Å²) in [6.07, 6.45) is 8.39. The number of benzene rings is 2. The fourth-order valence-corrected chi connectivity index (χ4v) is 12.0. The first-order chi connectivity index (χ1) is 24.3. The minimum atomic E-state index is -1.11. The third-order valence-corrected chi connectivity index (χ3v) is 14.1. The molecule has 2 aliphatic carbocycles. The molecule has 10 rings (SSSR count). The highest BCUT2D eigenvalue weighted by molar-refractivity contribution is 5.89. The molecular formula is C42H52N4O4. The van der Waals surface area contributed by atoms with Gasteiger partial charge in [0.25, 0.3) is 0 Å². The Labute approximate surface area is 295 Å². The molecule has 2 aromatic heterocycles. The Bertz CT molecular complexity index is 2010. The van der Waals surface area contributed by atoms with Crippen molar-refractivity contribution >= 4 is 27.8 Å². The van der Waals surface area contributed by atoms with E-state index >= 15 is 0 Å². The number of methoxy groups -OCH3 is 2. The normalized spacial score (nSPS) is 34.2. The van der Waals surface area contributed by atoms with Gasteiger partial charge in [-0.3, -0.25) is 14.6 Å². The Morgan fingerprint density at radius 3 is 2.64 bits per heavy atom. The highest BCUT2D eigenvalue weighted by atomic mass is 16.5. The molecule has 0 spiro atoms. The van der Waals surface area contributed by atoms with Crippen molar-refractivity contribution in [2.45, 2.75) is 76.3 Å². The van der Waals surface area contributed by atoms with Crippen LogP contribution in [0.3, 0.4) is 0 Å². The molecule has 0 amide bonds. The zero-order chi connectivity index (χ0) is 34.5. The minimum absolute atomic E-state index is 0.106. The number of likely N-dealkylation sites (N-methyl/N-ethyl adjacent to an activating group) is 1. The zero-order valence-corrected chi connectivity index (χ0v) is 30.2. The number of para-hydroxylation sites is 1. The quantitative estimate of drug-likeness (QED) is 0.165. The van der Waals surface area contributed by atoms with E-state index < -0.39 is 5.41 Å². The van der Waals surface area contributed by atoms with E-state index in [0.717, 1.165) is 48.2 Å². The summed E-state index contributed by atoms with van der Waals surface area (Å²) in [5.41, 5.74) is 8.77. The molecule has 6 aliphatic rings. The topological polar surface area (TPSA) is 93.8 Å². The number of aromatic amines is 2. The average molecular weight is 677 g/mol. The highest BCUT2D eigenvalue weighted by Gasteiger charge is 2.59. The summed E-state index contributed by atoms with van der Waals surface area (Å²) in [4.78, 5) is 27.1. The third-order valence-electron chi connectivity index (χ3n) is 14.1. The number of carbonyl (C=O) groups is 1. The third kappa shape index (κ3) is 4.43. The Kier molecular flexibility index (Phi) is 7.75. The monoisotopic (exact) mass is 676 g/mol. The molecule has 4 fully saturated rings. The van der Waals surface area contributed by atoms with Crippen LogP contribution >= 0.6 is 0 Å². The van der Waals surface area contributed by atoms with Crippen molar-refractivity contribution in [1.82, 2.24) is 19.8 Å². The summed E-state index contributed by atoms with van der Waals surface area (Å²) < 4.78 is 11.9. The molecule has 6 bridgehead atoms. The molecule has 50 heavy (non-hydrogen) atoms. The van der Waals surface area contributed by atoms with Gasteiger partial charge in [0.1, 0.15) is 11.2 Å². The van der Waals surface area contributed by atoms with Gasteiger partial charge in [-0.05, 0) is 87.2 Å². The minimum Gasteiger partial charge on any atom is -0.496 e. The zero-order valence-electron chi connectivity index (χ0n) is 30.2. The molecule has 4 aliphatic heterocycles. The first-order valence-corrected chi connectivity index (χ1v) is 18.9. The number of carbonyl (C=O) groups excluding carboxylic acids is 1. The van der Waals surface area contributed by atoms with Gasteiger partial charge < -0.3 is 24.5 Å². The molecule has 4 aromatic rings. The number of aliphatic hydroxyl groups excluding tert-OH is 1. The molecule has 264 valence electrons. The molecular weight excluding hydrogens is 624 g/mol. The molecule has 1 saturated carbocycles. The maximum absolute atomic E-state index is 14.1. The molecule has 8 heteroatoms. The van der Waals surface area contributed by atoms with Crippen LogP contribution in [0.25, 0.3) is 21.8 Å². The van der Waals surface area contributed by atoms with Crippen molar-refractivity contribution in [3.63, 3.8) is 0 Å². The number of nitrogens with zero attached hydrogens (tertiary/aromatic N) is 2. The van der Waals surface area contributed by atoms with Gasteiger partial charge in [0.15, 0.2) is 0 Å². The van der Waals surface area contributed by atoms with Crippen LogP contribution in [0.1, 0.15) is 79.4 Å². The number of hydrogen-bond donors (Lipinski definition) is 3. The van der Waals surface area contributed by atoms with Crippen LogP contribution in [0.5, 0.6) is 5.75 Å². The maximum atomic E-state index is 14.1. The number of H-pyrrole nitrogens is 2. The fraction of sp³-hybridized carbons (Fsp3) is 0.548. The van der Waals surface area contributed by atoms with E-state index in [2.05, 4.69) is 83.1 Å². The van der Waals surface area contributed by atoms with E-state index in [4.69, 9.17) is 9.47 Å². The SMILES string of the molecule is C/C=C1/CN(C)[C@H]2Cc3c([nH]c4ccccc34)[C@@H](c3cc4[nH]c5c(c4cc3OC)CCN3C[C@@H]4C[C@H](CC)[C@H]3[C@H]5C4)C[C@@H]1[C@]2(CO)C(=O)OC. The van der Waals surface area contributed by atoms with Crippen LogP contribution in [0.15, 0.2) is 48.0 Å². The van der Waals surface area contributed by atoms with Crippen LogP contribution < -0.4 is 4.74 Å². The summed E-state index contributed by atoms with van der Waals surface area (Å²) in [5, 5.41) is 13.8. The van der Waals surface area contributed by atoms with Gasteiger partial charge in [-0.15, -0.1) is 0 Å². The number of aromatic nitrogens is 2. The number of fused-ring (bicyclic) bond motifs is 9. The molecule has 2 aromatic carbocycles. The van der Waals surface area contributed by atoms with Gasteiger partial charge in [-0.1, -0.05) is 43.2 Å². The van der Waals surface area contributed by atoms with E-state index in [-0.39, 0.29) is 30.5 Å². The summed E-state index contributed by atoms with van der Waals surface area (Å²) in [7, 11) is 5.34. The lowest BCUT2D eigenvalue weighted by Crippen LogP contribution is -2.63. The Morgan fingerprint density at radius 2 is 1.88 bits per heavy atom. The van der Waals surface area contributed by atoms with Crippen LogP contribution in [0, 0.1) is 23.2 Å². The van der Waals surface area contributed by atoms with Gasteiger partial charge in [-0.25, -0.2) is 0 Å². The number of hydrogen-bond acceptors (Lipinski definition) is 6. The van der Waals surface area contributed by atoms with Gasteiger partial charge in [0, 0.05) is 88.2 Å². The lowest BCUT2D eigenvalue weighted by Gasteiger charge is -2.53. The van der Waals surface area contributed by atoms with Crippen LogP contribution in [-0.4, -0.2) is 90.4 Å². The van der Waals surface area contributed by atoms with Gasteiger partial charge in [0.2, 0.25) is 0 Å². The maximum Gasteiger partial charge on any atom is 0.316 e. The number of nitrogens with one attached hydrogen (secondary N) is 2. The number of allylic oxidation sites excluding steroid dienone is 1. The summed E-state index contributed by atoms with van der Waals surface area (Å²) in [6.45, 7) is 7.29. The lowest BCUT2D eigenvalue weighted by atomic mass is 9.58. The Balaban J connectivity index is 1.25. The van der Waals surface area contributed by atoms with Crippen molar-refractivity contribution in [3.8, 4) is 5.75 Å². The first-order valence-electron chi connectivity index (χ1n) is 18.9. The molecule has 8 nitrogen and oxygen atoms in total. The summed E-state index contributed by atoms with van der Waals surface area (Å²) in [6, 6.07) is 13.6. The number of piperidine rings is 3. The van der Waals surface area contributed by atoms with Crippen LogP contribution in [0.4, 0.5) is 0 Å².